The van der Waals surface area contributed by atoms with Crippen LogP contribution in [0.3, 0.4) is 0 Å². The van der Waals surface area contributed by atoms with Gasteiger partial charge >= 0.3 is 5.97 Å². The van der Waals surface area contributed by atoms with Crippen molar-refractivity contribution in [1.82, 2.24) is 4.72 Å². The van der Waals surface area contributed by atoms with Crippen molar-refractivity contribution in [3.05, 3.63) is 23.8 Å². The van der Waals surface area contributed by atoms with Gasteiger partial charge in [0.2, 0.25) is 10.0 Å². The summed E-state index contributed by atoms with van der Waals surface area (Å²) in [6, 6.07) is 4.28. The molecule has 1 aliphatic carbocycles. The Kier molecular flexibility index (Phi) is 4.98. The number of carbonyl (C=O) groups excluding carboxylic acids is 1. The summed E-state index contributed by atoms with van der Waals surface area (Å²) in [7, 11) is -2.43. The number of carbonyl (C=O) groups is 1. The zero-order valence-corrected chi connectivity index (χ0v) is 14.4. The third-order valence-electron chi connectivity index (χ3n) is 3.84. The minimum Gasteiger partial charge on any atom is -0.465 e. The van der Waals surface area contributed by atoms with Gasteiger partial charge in [0.1, 0.15) is 0 Å². The predicted octanol–water partition coefficient (Wildman–Crippen LogP) is 1.06. The van der Waals surface area contributed by atoms with Crippen LogP contribution in [-0.4, -0.2) is 39.6 Å². The maximum atomic E-state index is 12.4. The third kappa shape index (κ3) is 4.21. The lowest BCUT2D eigenvalue weighted by Gasteiger charge is -2.17. The molecule has 0 saturated heterocycles. The number of hydrogen-bond acceptors (Lipinski definition) is 6. The van der Waals surface area contributed by atoms with Crippen molar-refractivity contribution in [3.8, 4) is 0 Å². The molecule has 8 heteroatoms. The minimum atomic E-state index is -3.68. The summed E-state index contributed by atoms with van der Waals surface area (Å²) < 4.78 is 32.3. The molecule has 0 aromatic heterocycles. The second-order valence-corrected chi connectivity index (χ2v) is 7.83. The Hall–Kier alpha value is -1.64. The Morgan fingerprint density at radius 2 is 2.09 bits per heavy atom. The van der Waals surface area contributed by atoms with Gasteiger partial charge in [-0.1, -0.05) is 0 Å². The van der Waals surface area contributed by atoms with E-state index in [0.717, 1.165) is 12.8 Å². The Morgan fingerprint density at radius 1 is 1.43 bits per heavy atom. The Labute approximate surface area is 136 Å². The van der Waals surface area contributed by atoms with E-state index in [1.165, 1.54) is 19.2 Å². The second-order valence-electron chi connectivity index (χ2n) is 6.15. The van der Waals surface area contributed by atoms with Gasteiger partial charge in [-0.05, 0) is 44.9 Å². The highest BCUT2D eigenvalue weighted by atomic mass is 32.2. The van der Waals surface area contributed by atoms with Gasteiger partial charge in [0.05, 0.1) is 17.6 Å². The first kappa shape index (κ1) is 17.7. The van der Waals surface area contributed by atoms with Gasteiger partial charge in [0.25, 0.3) is 0 Å². The number of nitrogens with two attached hydrogens (primary N) is 1. The fourth-order valence-electron chi connectivity index (χ4n) is 2.09. The number of nitrogens with one attached hydrogen (secondary N) is 2. The van der Waals surface area contributed by atoms with Crippen LogP contribution in [0, 0.1) is 0 Å². The van der Waals surface area contributed by atoms with Crippen LogP contribution >= 0.6 is 0 Å². The molecule has 0 bridgehead atoms. The number of methoxy groups -OCH3 is 1. The van der Waals surface area contributed by atoms with Crippen LogP contribution < -0.4 is 15.8 Å². The van der Waals surface area contributed by atoms with Crippen LogP contribution in [0.4, 0.5) is 5.69 Å². The fraction of sp³-hybridized carbons (Fsp3) is 0.533. The standard InChI is InChI=1S/C15H23N3O4S/c1-10(9-16)17-13-5-4-11(8-12(13)14(19)22-3)23(20,21)18-15(2)6-7-15/h4-5,8,10,17-18H,6-7,9,16H2,1-3H3/t10-/m1/s1. The second kappa shape index (κ2) is 6.46. The molecule has 1 aromatic rings. The molecule has 0 spiro atoms. The highest BCUT2D eigenvalue weighted by molar-refractivity contribution is 7.89. The first-order valence-electron chi connectivity index (χ1n) is 7.44. The van der Waals surface area contributed by atoms with E-state index in [2.05, 4.69) is 10.0 Å². The maximum absolute atomic E-state index is 12.4. The van der Waals surface area contributed by atoms with Crippen LogP contribution in [0.5, 0.6) is 0 Å². The summed E-state index contributed by atoms with van der Waals surface area (Å²) in [5, 5.41) is 3.07. The lowest BCUT2D eigenvalue weighted by Crippen LogP contribution is -2.34. The van der Waals surface area contributed by atoms with Crippen LogP contribution in [-0.2, 0) is 14.8 Å². The SMILES string of the molecule is COC(=O)c1cc(S(=O)(=O)NC2(C)CC2)ccc1N[C@H](C)CN. The molecule has 0 heterocycles. The summed E-state index contributed by atoms with van der Waals surface area (Å²) in [6.07, 6.45) is 1.62. The van der Waals surface area contributed by atoms with Crippen molar-refractivity contribution in [2.75, 3.05) is 19.0 Å². The number of benzene rings is 1. The molecule has 1 aromatic carbocycles. The van der Waals surface area contributed by atoms with Crippen LogP contribution in [0.25, 0.3) is 0 Å². The van der Waals surface area contributed by atoms with Gasteiger partial charge in [0, 0.05) is 23.8 Å². The molecule has 7 nitrogen and oxygen atoms in total. The summed E-state index contributed by atoms with van der Waals surface area (Å²) in [4.78, 5) is 12.0. The van der Waals surface area contributed by atoms with Crippen LogP contribution in [0.2, 0.25) is 0 Å². The Morgan fingerprint density at radius 3 is 2.61 bits per heavy atom. The third-order valence-corrected chi connectivity index (χ3v) is 5.48. The van der Waals surface area contributed by atoms with E-state index >= 15 is 0 Å². The van der Waals surface area contributed by atoms with Crippen molar-refractivity contribution in [2.45, 2.75) is 43.2 Å². The van der Waals surface area contributed by atoms with E-state index in [1.807, 2.05) is 13.8 Å². The molecule has 0 radical (unpaired) electrons. The van der Waals surface area contributed by atoms with Gasteiger partial charge in [-0.15, -0.1) is 0 Å². The molecule has 1 atom stereocenters. The number of rotatable bonds is 7. The fourth-order valence-corrected chi connectivity index (χ4v) is 3.58. The quantitative estimate of drug-likeness (QED) is 0.640. The number of hydrogen-bond donors (Lipinski definition) is 3. The van der Waals surface area contributed by atoms with E-state index in [9.17, 15) is 13.2 Å². The maximum Gasteiger partial charge on any atom is 0.340 e. The molecule has 0 amide bonds. The van der Waals surface area contributed by atoms with Crippen molar-refractivity contribution in [2.24, 2.45) is 5.73 Å². The van der Waals surface area contributed by atoms with Crippen LogP contribution in [0.15, 0.2) is 23.1 Å². The molecular weight excluding hydrogens is 318 g/mol. The van der Waals surface area contributed by atoms with Gasteiger partial charge in [-0.25, -0.2) is 17.9 Å². The lowest BCUT2D eigenvalue weighted by atomic mass is 10.1. The Balaban J connectivity index is 2.37. The number of esters is 1. The van der Waals surface area contributed by atoms with Crippen molar-refractivity contribution in [1.29, 1.82) is 0 Å². The highest BCUT2D eigenvalue weighted by Gasteiger charge is 2.41. The largest absolute Gasteiger partial charge is 0.465 e. The summed E-state index contributed by atoms with van der Waals surface area (Å²) in [6.45, 7) is 4.09. The number of ether oxygens (including phenoxy) is 1. The molecule has 1 fully saturated rings. The molecule has 0 unspecified atom stereocenters. The number of sulfonamides is 1. The van der Waals surface area contributed by atoms with Crippen molar-refractivity contribution >= 4 is 21.7 Å². The van der Waals surface area contributed by atoms with Crippen molar-refractivity contribution in [3.63, 3.8) is 0 Å². The lowest BCUT2D eigenvalue weighted by molar-refractivity contribution is 0.0601. The van der Waals surface area contributed by atoms with E-state index in [0.29, 0.717) is 12.2 Å². The Bertz CT molecular complexity index is 699. The number of anilines is 1. The normalized spacial score (nSPS) is 17.4. The van der Waals surface area contributed by atoms with Gasteiger partial charge in [-0.3, -0.25) is 0 Å². The van der Waals surface area contributed by atoms with Crippen LogP contribution in [0.1, 0.15) is 37.0 Å². The summed E-state index contributed by atoms with van der Waals surface area (Å²) >= 11 is 0. The summed E-state index contributed by atoms with van der Waals surface area (Å²) in [5.41, 5.74) is 5.85. The monoisotopic (exact) mass is 341 g/mol. The molecule has 2 rings (SSSR count). The summed E-state index contributed by atoms with van der Waals surface area (Å²) in [5.74, 6) is -0.605. The minimum absolute atomic E-state index is 0.0389. The topological polar surface area (TPSA) is 111 Å². The molecular formula is C15H23N3O4S. The zero-order valence-electron chi connectivity index (χ0n) is 13.5. The predicted molar refractivity (Wildman–Crippen MR) is 87.9 cm³/mol. The van der Waals surface area contributed by atoms with Gasteiger partial charge in [0.15, 0.2) is 0 Å². The molecule has 23 heavy (non-hydrogen) atoms. The van der Waals surface area contributed by atoms with E-state index < -0.39 is 16.0 Å². The van der Waals surface area contributed by atoms with E-state index in [-0.39, 0.29) is 22.0 Å². The van der Waals surface area contributed by atoms with E-state index in [4.69, 9.17) is 10.5 Å². The molecule has 4 N–H and O–H groups in total. The first-order valence-corrected chi connectivity index (χ1v) is 8.92. The molecule has 128 valence electrons. The van der Waals surface area contributed by atoms with E-state index in [1.54, 1.807) is 6.07 Å². The van der Waals surface area contributed by atoms with Gasteiger partial charge in [-0.2, -0.15) is 0 Å². The smallest absolute Gasteiger partial charge is 0.340 e. The zero-order chi connectivity index (χ0) is 17.3. The molecule has 0 aliphatic heterocycles. The average Bonchev–Trinajstić information content (AvgIpc) is 3.22. The molecule has 1 aliphatic rings. The average molecular weight is 341 g/mol. The molecule has 1 saturated carbocycles. The van der Waals surface area contributed by atoms with Crippen molar-refractivity contribution < 1.29 is 17.9 Å². The first-order chi connectivity index (χ1) is 10.7. The van der Waals surface area contributed by atoms with Gasteiger partial charge < -0.3 is 15.8 Å². The highest BCUT2D eigenvalue weighted by Crippen LogP contribution is 2.36.